The van der Waals surface area contributed by atoms with E-state index in [1.165, 1.54) is 0 Å². The molecule has 3 rings (SSSR count). The molecule has 0 bridgehead atoms. The topological polar surface area (TPSA) is 52.5 Å². The first kappa shape index (κ1) is 16.3. The average molecular weight is 291 g/mol. The Hall–Kier alpha value is -0.781. The van der Waals surface area contributed by atoms with E-state index in [1.54, 1.807) is 0 Å². The van der Waals surface area contributed by atoms with Crippen LogP contribution in [0.2, 0.25) is 0 Å². The number of rotatable bonds is 2. The van der Waals surface area contributed by atoms with E-state index in [1.807, 2.05) is 63.9 Å². The summed E-state index contributed by atoms with van der Waals surface area (Å²) >= 11 is 0. The summed E-state index contributed by atoms with van der Waals surface area (Å²) in [5, 5.41) is 15.4. The van der Waals surface area contributed by atoms with E-state index < -0.39 is 0 Å². The van der Waals surface area contributed by atoms with Crippen molar-refractivity contribution in [3.63, 3.8) is 0 Å². The van der Waals surface area contributed by atoms with Crippen LogP contribution < -0.4 is 0 Å². The Labute approximate surface area is 126 Å². The van der Waals surface area contributed by atoms with Crippen LogP contribution in [0.5, 0.6) is 0 Å². The van der Waals surface area contributed by atoms with Gasteiger partial charge in [-0.25, -0.2) is 0 Å². The summed E-state index contributed by atoms with van der Waals surface area (Å²) in [6.07, 6.45) is 18.3. The van der Waals surface area contributed by atoms with E-state index in [2.05, 4.69) is 16.3 Å². The Kier molecular flexibility index (Phi) is 7.86. The third kappa shape index (κ3) is 5.38. The minimum atomic E-state index is 0. The van der Waals surface area contributed by atoms with Gasteiger partial charge in [-0.05, 0) is 63.9 Å². The second kappa shape index (κ2) is 9.18. The second-order valence-corrected chi connectivity index (χ2v) is 3.75. The number of hydrogen-bond donors (Lipinski definition) is 1. The van der Waals surface area contributed by atoms with Crippen molar-refractivity contribution in [1.29, 1.82) is 5.26 Å². The first-order chi connectivity index (χ1) is 8.90. The Morgan fingerprint density at radius 2 is 1.58 bits per heavy atom. The van der Waals surface area contributed by atoms with Crippen LogP contribution >= 0.6 is 0 Å². The predicted octanol–water partition coefficient (Wildman–Crippen LogP) is 2.25. The van der Waals surface area contributed by atoms with Gasteiger partial charge in [0.2, 0.25) is 0 Å². The first-order valence-electron chi connectivity index (χ1n) is 5.70. The van der Waals surface area contributed by atoms with Crippen LogP contribution in [0, 0.1) is 75.0 Å². The molecular formula is C15H13FeN3+2. The molecule has 0 aromatic carbocycles. The minimum Gasteiger partial charge on any atom is -0.281 e. The third-order valence-electron chi connectivity index (χ3n) is 2.41. The molecule has 0 aliphatic heterocycles. The third-order valence-corrected chi connectivity index (χ3v) is 2.41. The number of aromatic nitrogens is 2. The Morgan fingerprint density at radius 1 is 1.00 bits per heavy atom. The summed E-state index contributed by atoms with van der Waals surface area (Å²) < 4.78 is 0. The van der Waals surface area contributed by atoms with Gasteiger partial charge < -0.3 is 0 Å². The first-order valence-corrected chi connectivity index (χ1v) is 5.70. The molecule has 1 aromatic heterocycles. The van der Waals surface area contributed by atoms with Crippen LogP contribution in [0.25, 0.3) is 0 Å². The molecule has 2 aliphatic rings. The molecule has 0 spiro atoms. The molecule has 19 heavy (non-hydrogen) atoms. The van der Waals surface area contributed by atoms with Crippen LogP contribution in [0.1, 0.15) is 11.4 Å². The van der Waals surface area contributed by atoms with Gasteiger partial charge in [0, 0.05) is 11.6 Å². The molecule has 94 valence electrons. The Balaban J connectivity index is 0.000000256. The molecule has 1 aromatic rings. The molecule has 2 saturated carbocycles. The van der Waals surface area contributed by atoms with Gasteiger partial charge in [-0.1, -0.05) is 0 Å². The number of nitrogens with one attached hydrogen (secondary N) is 1. The summed E-state index contributed by atoms with van der Waals surface area (Å²) in [5.74, 6) is 1.08. The van der Waals surface area contributed by atoms with E-state index in [0.717, 1.165) is 17.3 Å². The number of nitrogens with zero attached hydrogens (tertiary/aromatic N) is 2. The number of hydrogen-bond acceptors (Lipinski definition) is 2. The van der Waals surface area contributed by atoms with Crippen molar-refractivity contribution in [2.75, 3.05) is 0 Å². The standard InChI is InChI=1S/C10H8N3.C5H5.Fe/c11-6-5-9-7-10(13-12-9)8-3-1-2-4-8;1-2-4-5-3-1;/h1-4,7H,5H2,(H,12,13);1-5H;/q;;+2. The fourth-order valence-corrected chi connectivity index (χ4v) is 1.55. The Bertz CT molecular complexity index is 377. The molecule has 3 nitrogen and oxygen atoms in total. The van der Waals surface area contributed by atoms with Gasteiger partial charge in [0.1, 0.15) is 0 Å². The fourth-order valence-electron chi connectivity index (χ4n) is 1.55. The van der Waals surface area contributed by atoms with Gasteiger partial charge in [-0.2, -0.15) is 10.4 Å². The molecule has 4 heteroatoms. The molecule has 10 radical (unpaired) electrons. The van der Waals surface area contributed by atoms with Gasteiger partial charge in [-0.15, -0.1) is 0 Å². The monoisotopic (exact) mass is 291 g/mol. The Morgan fingerprint density at radius 3 is 2.11 bits per heavy atom. The molecule has 1 N–H and O–H groups in total. The van der Waals surface area contributed by atoms with Crippen LogP contribution in [-0.2, 0) is 23.5 Å². The molecule has 0 saturated heterocycles. The summed E-state index contributed by atoms with van der Waals surface area (Å²) in [5.41, 5.74) is 1.76. The maximum Gasteiger partial charge on any atom is 2.00 e. The second-order valence-electron chi connectivity index (χ2n) is 3.75. The van der Waals surface area contributed by atoms with Crippen LogP contribution in [-0.4, -0.2) is 10.2 Å². The number of nitriles is 1. The minimum absolute atomic E-state index is 0. The molecule has 2 aliphatic carbocycles. The quantitative estimate of drug-likeness (QED) is 0.850. The number of aromatic amines is 1. The van der Waals surface area contributed by atoms with Gasteiger partial charge in [0.15, 0.2) is 0 Å². The zero-order valence-corrected chi connectivity index (χ0v) is 11.3. The predicted molar refractivity (Wildman–Crippen MR) is 68.9 cm³/mol. The molecule has 0 atom stereocenters. The van der Waals surface area contributed by atoms with E-state index >= 15 is 0 Å². The smallest absolute Gasteiger partial charge is 0.281 e. The molecule has 2 fully saturated rings. The molecule has 0 unspecified atom stereocenters. The van der Waals surface area contributed by atoms with Crippen molar-refractivity contribution in [2.24, 2.45) is 0 Å². The molecule has 1 heterocycles. The van der Waals surface area contributed by atoms with Gasteiger partial charge in [0.05, 0.1) is 18.2 Å². The van der Waals surface area contributed by atoms with Crippen molar-refractivity contribution < 1.29 is 17.1 Å². The summed E-state index contributed by atoms with van der Waals surface area (Å²) in [6.45, 7) is 0. The normalized spacial score (nSPS) is 18.3. The van der Waals surface area contributed by atoms with E-state index in [-0.39, 0.29) is 17.1 Å². The molecular weight excluding hydrogens is 278 g/mol. The van der Waals surface area contributed by atoms with Gasteiger partial charge >= 0.3 is 17.1 Å². The fraction of sp³-hybridized carbons (Fsp3) is 0.0667. The van der Waals surface area contributed by atoms with Crippen molar-refractivity contribution >= 4 is 0 Å². The van der Waals surface area contributed by atoms with E-state index in [9.17, 15) is 0 Å². The van der Waals surface area contributed by atoms with Crippen LogP contribution in [0.15, 0.2) is 6.07 Å². The number of H-pyrrole nitrogens is 1. The van der Waals surface area contributed by atoms with Crippen molar-refractivity contribution in [2.45, 2.75) is 6.42 Å². The molecule has 0 amide bonds. The van der Waals surface area contributed by atoms with Crippen LogP contribution in [0.4, 0.5) is 0 Å². The summed E-state index contributed by atoms with van der Waals surface area (Å²) in [4.78, 5) is 0. The largest absolute Gasteiger partial charge is 2.00 e. The zero-order chi connectivity index (χ0) is 12.6. The van der Waals surface area contributed by atoms with Gasteiger partial charge in [0.25, 0.3) is 0 Å². The van der Waals surface area contributed by atoms with Gasteiger partial charge in [-0.3, -0.25) is 5.10 Å². The average Bonchev–Trinajstić information content (AvgIpc) is 3.14. The maximum atomic E-state index is 8.46. The maximum absolute atomic E-state index is 8.46. The van der Waals surface area contributed by atoms with E-state index in [0.29, 0.717) is 6.42 Å². The van der Waals surface area contributed by atoms with Crippen molar-refractivity contribution in [3.05, 3.63) is 81.2 Å². The van der Waals surface area contributed by atoms with Crippen LogP contribution in [0.3, 0.4) is 0 Å². The van der Waals surface area contributed by atoms with E-state index in [4.69, 9.17) is 5.26 Å². The SMILES string of the molecule is N#CCc1cc([C]2[CH][CH][CH][CH]2)n[nH]1.[CH]1[CH][CH][CH][CH]1.[Fe+2]. The summed E-state index contributed by atoms with van der Waals surface area (Å²) in [6, 6.07) is 3.97. The van der Waals surface area contributed by atoms with Crippen molar-refractivity contribution in [3.8, 4) is 6.07 Å². The van der Waals surface area contributed by atoms with Crippen molar-refractivity contribution in [1.82, 2.24) is 10.2 Å². The zero-order valence-electron chi connectivity index (χ0n) is 10.2. The summed E-state index contributed by atoms with van der Waals surface area (Å²) in [7, 11) is 0.